The summed E-state index contributed by atoms with van der Waals surface area (Å²) in [6.45, 7) is 2.62. The van der Waals surface area contributed by atoms with Crippen molar-refractivity contribution in [1.29, 1.82) is 0 Å². The number of carbonyl (C=O) groups excluding carboxylic acids is 1. The Morgan fingerprint density at radius 1 is 1.57 bits per heavy atom. The highest BCUT2D eigenvalue weighted by Gasteiger charge is 2.03. The molecule has 0 saturated heterocycles. The summed E-state index contributed by atoms with van der Waals surface area (Å²) in [4.78, 5) is 15.3. The van der Waals surface area contributed by atoms with Crippen LogP contribution in [0.2, 0.25) is 0 Å². The van der Waals surface area contributed by atoms with Gasteiger partial charge in [-0.05, 0) is 34.5 Å². The molecule has 3 nitrogen and oxygen atoms in total. The molecule has 1 aromatic heterocycles. The van der Waals surface area contributed by atoms with Crippen molar-refractivity contribution >= 4 is 21.7 Å². The summed E-state index contributed by atoms with van der Waals surface area (Å²) in [6.07, 6.45) is 3.76. The smallest absolute Gasteiger partial charge is 0.162 e. The van der Waals surface area contributed by atoms with Crippen LogP contribution in [0.4, 0.5) is 0 Å². The van der Waals surface area contributed by atoms with Crippen LogP contribution < -0.4 is 0 Å². The Bertz CT molecular complexity index is 315. The SMILES string of the molecule is CCOCC(=O)Cc1cncc(Br)c1. The lowest BCUT2D eigenvalue weighted by Crippen LogP contribution is -2.11. The van der Waals surface area contributed by atoms with Crippen LogP contribution in [0.15, 0.2) is 22.9 Å². The Balaban J connectivity index is 2.47. The van der Waals surface area contributed by atoms with Crippen LogP contribution in [0.5, 0.6) is 0 Å². The zero-order chi connectivity index (χ0) is 10.4. The van der Waals surface area contributed by atoms with Crippen LogP contribution in [0.1, 0.15) is 12.5 Å². The van der Waals surface area contributed by atoms with Crippen molar-refractivity contribution in [2.24, 2.45) is 0 Å². The molecular weight excluding hydrogens is 246 g/mol. The molecule has 0 radical (unpaired) electrons. The Kier molecular flexibility index (Phi) is 4.76. The summed E-state index contributed by atoms with van der Waals surface area (Å²) in [5.41, 5.74) is 0.907. The maximum absolute atomic E-state index is 11.3. The van der Waals surface area contributed by atoms with E-state index in [1.54, 1.807) is 12.4 Å². The minimum Gasteiger partial charge on any atom is -0.374 e. The quantitative estimate of drug-likeness (QED) is 0.810. The zero-order valence-corrected chi connectivity index (χ0v) is 9.58. The Morgan fingerprint density at radius 3 is 3.00 bits per heavy atom. The predicted molar refractivity (Wildman–Crippen MR) is 57.1 cm³/mol. The Hall–Kier alpha value is -0.740. The van der Waals surface area contributed by atoms with Crippen LogP contribution in [0, 0.1) is 0 Å². The third-order valence-corrected chi connectivity index (χ3v) is 2.06. The van der Waals surface area contributed by atoms with Crippen LogP contribution in [-0.2, 0) is 16.0 Å². The highest BCUT2D eigenvalue weighted by molar-refractivity contribution is 9.10. The van der Waals surface area contributed by atoms with Gasteiger partial charge in [-0.2, -0.15) is 0 Å². The number of pyridine rings is 1. The fraction of sp³-hybridized carbons (Fsp3) is 0.400. The fourth-order valence-corrected chi connectivity index (χ4v) is 1.46. The van der Waals surface area contributed by atoms with Crippen molar-refractivity contribution in [3.05, 3.63) is 28.5 Å². The van der Waals surface area contributed by atoms with Gasteiger partial charge in [0.2, 0.25) is 0 Å². The molecule has 0 N–H and O–H groups in total. The lowest BCUT2D eigenvalue weighted by molar-refractivity contribution is -0.122. The molecule has 76 valence electrons. The zero-order valence-electron chi connectivity index (χ0n) is 8.00. The number of halogens is 1. The predicted octanol–water partition coefficient (Wildman–Crippen LogP) is 1.99. The van der Waals surface area contributed by atoms with Crippen LogP contribution in [-0.4, -0.2) is 24.0 Å². The monoisotopic (exact) mass is 257 g/mol. The number of ether oxygens (including phenoxy) is 1. The van der Waals surface area contributed by atoms with E-state index >= 15 is 0 Å². The minimum atomic E-state index is 0.0757. The number of carbonyl (C=O) groups is 1. The summed E-state index contributed by atoms with van der Waals surface area (Å²) in [7, 11) is 0. The average Bonchev–Trinajstić information content (AvgIpc) is 2.15. The van der Waals surface area contributed by atoms with Gasteiger partial charge in [-0.3, -0.25) is 9.78 Å². The van der Waals surface area contributed by atoms with E-state index in [1.165, 1.54) is 0 Å². The molecular formula is C10H12BrNO2. The number of hydrogen-bond donors (Lipinski definition) is 0. The molecule has 1 heterocycles. The lowest BCUT2D eigenvalue weighted by Gasteiger charge is -2.01. The van der Waals surface area contributed by atoms with Crippen molar-refractivity contribution in [3.63, 3.8) is 0 Å². The third-order valence-electron chi connectivity index (χ3n) is 1.63. The summed E-state index contributed by atoms with van der Waals surface area (Å²) in [5.74, 6) is 0.0757. The first-order valence-electron chi connectivity index (χ1n) is 4.41. The first-order chi connectivity index (χ1) is 6.72. The van der Waals surface area contributed by atoms with E-state index in [2.05, 4.69) is 20.9 Å². The molecule has 14 heavy (non-hydrogen) atoms. The van der Waals surface area contributed by atoms with Gasteiger partial charge in [0.15, 0.2) is 5.78 Å². The molecule has 0 amide bonds. The first kappa shape index (κ1) is 11.3. The van der Waals surface area contributed by atoms with Crippen molar-refractivity contribution in [2.75, 3.05) is 13.2 Å². The minimum absolute atomic E-state index is 0.0757. The first-order valence-corrected chi connectivity index (χ1v) is 5.20. The second-order valence-corrected chi connectivity index (χ2v) is 3.78. The third kappa shape index (κ3) is 3.98. The van der Waals surface area contributed by atoms with E-state index in [-0.39, 0.29) is 12.4 Å². The molecule has 0 aliphatic rings. The normalized spacial score (nSPS) is 10.1. The van der Waals surface area contributed by atoms with Gasteiger partial charge in [-0.25, -0.2) is 0 Å². The van der Waals surface area contributed by atoms with E-state index in [9.17, 15) is 4.79 Å². The Morgan fingerprint density at radius 2 is 2.36 bits per heavy atom. The van der Waals surface area contributed by atoms with Crippen molar-refractivity contribution in [1.82, 2.24) is 4.98 Å². The van der Waals surface area contributed by atoms with E-state index in [1.807, 2.05) is 13.0 Å². The standard InChI is InChI=1S/C10H12BrNO2/c1-2-14-7-10(13)4-8-3-9(11)6-12-5-8/h3,5-6H,2,4,7H2,1H3. The molecule has 0 bridgehead atoms. The van der Waals surface area contributed by atoms with E-state index < -0.39 is 0 Å². The molecule has 0 aliphatic heterocycles. The van der Waals surface area contributed by atoms with Gasteiger partial charge in [0.1, 0.15) is 6.61 Å². The van der Waals surface area contributed by atoms with Gasteiger partial charge in [0.25, 0.3) is 0 Å². The summed E-state index contributed by atoms with van der Waals surface area (Å²) < 4.78 is 5.90. The number of ketones is 1. The Labute approximate surface area is 91.6 Å². The van der Waals surface area contributed by atoms with Gasteiger partial charge < -0.3 is 4.74 Å². The molecule has 1 rings (SSSR count). The fourth-order valence-electron chi connectivity index (χ4n) is 1.05. The van der Waals surface area contributed by atoms with Gasteiger partial charge in [0, 0.05) is 29.9 Å². The van der Waals surface area contributed by atoms with E-state index in [0.717, 1.165) is 10.0 Å². The maximum atomic E-state index is 11.3. The number of rotatable bonds is 5. The summed E-state index contributed by atoms with van der Waals surface area (Å²) in [5, 5.41) is 0. The molecule has 0 saturated carbocycles. The lowest BCUT2D eigenvalue weighted by atomic mass is 10.1. The van der Waals surface area contributed by atoms with Gasteiger partial charge in [-0.1, -0.05) is 0 Å². The van der Waals surface area contributed by atoms with Gasteiger partial charge in [0.05, 0.1) is 0 Å². The topological polar surface area (TPSA) is 39.2 Å². The molecule has 4 heteroatoms. The van der Waals surface area contributed by atoms with Crippen LogP contribution in [0.25, 0.3) is 0 Å². The highest BCUT2D eigenvalue weighted by Crippen LogP contribution is 2.10. The van der Waals surface area contributed by atoms with E-state index in [0.29, 0.717) is 13.0 Å². The molecule has 1 aromatic rings. The second-order valence-electron chi connectivity index (χ2n) is 2.86. The number of aromatic nitrogens is 1. The van der Waals surface area contributed by atoms with Crippen LogP contribution >= 0.6 is 15.9 Å². The summed E-state index contributed by atoms with van der Waals surface area (Å²) >= 11 is 3.30. The second kappa shape index (κ2) is 5.88. The molecule has 0 spiro atoms. The van der Waals surface area contributed by atoms with Crippen molar-refractivity contribution in [3.8, 4) is 0 Å². The molecule has 0 aliphatic carbocycles. The van der Waals surface area contributed by atoms with Gasteiger partial charge >= 0.3 is 0 Å². The van der Waals surface area contributed by atoms with Crippen molar-refractivity contribution in [2.45, 2.75) is 13.3 Å². The average molecular weight is 258 g/mol. The molecule has 0 atom stereocenters. The largest absolute Gasteiger partial charge is 0.374 e. The van der Waals surface area contributed by atoms with E-state index in [4.69, 9.17) is 4.74 Å². The number of hydrogen-bond acceptors (Lipinski definition) is 3. The highest BCUT2D eigenvalue weighted by atomic mass is 79.9. The number of nitrogens with zero attached hydrogens (tertiary/aromatic N) is 1. The molecule has 0 fully saturated rings. The van der Waals surface area contributed by atoms with Crippen molar-refractivity contribution < 1.29 is 9.53 Å². The maximum Gasteiger partial charge on any atom is 0.162 e. The molecule has 0 unspecified atom stereocenters. The number of Topliss-reactive ketones (excluding diaryl/α,β-unsaturated/α-hetero) is 1. The van der Waals surface area contributed by atoms with Gasteiger partial charge in [-0.15, -0.1) is 0 Å². The summed E-state index contributed by atoms with van der Waals surface area (Å²) in [6, 6.07) is 1.89. The van der Waals surface area contributed by atoms with Crippen LogP contribution in [0.3, 0.4) is 0 Å². The molecule has 0 aromatic carbocycles.